The Kier molecular flexibility index (Phi) is 2.27. The summed E-state index contributed by atoms with van der Waals surface area (Å²) >= 11 is 1.63. The molecule has 2 nitrogen and oxygen atoms in total. The molecule has 0 atom stereocenters. The summed E-state index contributed by atoms with van der Waals surface area (Å²) in [5.41, 5.74) is 1.87. The topological polar surface area (TPSA) is 29.1 Å². The Labute approximate surface area is 81.7 Å². The van der Waals surface area contributed by atoms with E-state index in [4.69, 9.17) is 0 Å². The average Bonchev–Trinajstić information content (AvgIpc) is 2.17. The van der Waals surface area contributed by atoms with Crippen molar-refractivity contribution in [3.8, 4) is 0 Å². The fourth-order valence-corrected chi connectivity index (χ4v) is 2.21. The number of thioether (sulfide) groups is 1. The van der Waals surface area contributed by atoms with Gasteiger partial charge in [-0.05, 0) is 18.4 Å². The van der Waals surface area contributed by atoms with Crippen LogP contribution in [0, 0.1) is 0 Å². The molecule has 0 fully saturated rings. The summed E-state index contributed by atoms with van der Waals surface area (Å²) in [4.78, 5) is 12.7. The molecular formula is C10H11NOS. The molecule has 2 rings (SSSR count). The average molecular weight is 193 g/mol. The Hall–Kier alpha value is -0.960. The van der Waals surface area contributed by atoms with Crippen molar-refractivity contribution in [3.05, 3.63) is 23.8 Å². The number of ketones is 1. The van der Waals surface area contributed by atoms with Crippen LogP contribution in [0.2, 0.25) is 0 Å². The van der Waals surface area contributed by atoms with E-state index in [2.05, 4.69) is 5.32 Å². The molecule has 0 bridgehead atoms. The Balaban J connectivity index is 2.56. The second-order valence-corrected chi connectivity index (χ2v) is 3.83. The number of hydrogen-bond donors (Lipinski definition) is 1. The number of carbonyl (C=O) groups excluding carboxylic acids is 1. The largest absolute Gasteiger partial charge is 0.384 e. The predicted molar refractivity (Wildman–Crippen MR) is 55.7 cm³/mol. The predicted octanol–water partition coefficient (Wildman–Crippen LogP) is 2.41. The zero-order chi connectivity index (χ0) is 9.26. The molecule has 1 aromatic rings. The van der Waals surface area contributed by atoms with Gasteiger partial charge >= 0.3 is 0 Å². The van der Waals surface area contributed by atoms with E-state index in [-0.39, 0.29) is 5.78 Å². The van der Waals surface area contributed by atoms with Gasteiger partial charge in [0.15, 0.2) is 5.78 Å². The van der Waals surface area contributed by atoms with Gasteiger partial charge in [0.2, 0.25) is 0 Å². The second-order valence-electron chi connectivity index (χ2n) is 2.98. The van der Waals surface area contributed by atoms with Crippen LogP contribution in [0.15, 0.2) is 23.1 Å². The molecule has 1 heterocycles. The van der Waals surface area contributed by atoms with Crippen LogP contribution < -0.4 is 5.32 Å². The molecule has 0 aromatic heterocycles. The van der Waals surface area contributed by atoms with Gasteiger partial charge < -0.3 is 5.32 Å². The third kappa shape index (κ3) is 1.44. The fraction of sp³-hybridized carbons (Fsp3) is 0.300. The van der Waals surface area contributed by atoms with E-state index in [1.807, 2.05) is 24.5 Å². The first kappa shape index (κ1) is 8.63. The highest BCUT2D eigenvalue weighted by Crippen LogP contribution is 2.30. The van der Waals surface area contributed by atoms with Crippen molar-refractivity contribution in [2.45, 2.75) is 11.3 Å². The van der Waals surface area contributed by atoms with Crippen LogP contribution in [0.25, 0.3) is 0 Å². The van der Waals surface area contributed by atoms with Gasteiger partial charge in [0.05, 0.1) is 5.56 Å². The van der Waals surface area contributed by atoms with Crippen molar-refractivity contribution in [2.75, 3.05) is 18.1 Å². The van der Waals surface area contributed by atoms with Crippen molar-refractivity contribution < 1.29 is 4.79 Å². The van der Waals surface area contributed by atoms with Crippen LogP contribution in [-0.2, 0) is 0 Å². The van der Waals surface area contributed by atoms with Crippen molar-refractivity contribution in [1.82, 2.24) is 0 Å². The summed E-state index contributed by atoms with van der Waals surface area (Å²) in [5.74, 6) is 0.263. The van der Waals surface area contributed by atoms with Gasteiger partial charge in [-0.1, -0.05) is 6.07 Å². The summed E-state index contributed by atoms with van der Waals surface area (Å²) < 4.78 is 0. The van der Waals surface area contributed by atoms with E-state index in [1.165, 1.54) is 0 Å². The highest BCUT2D eigenvalue weighted by atomic mass is 32.2. The van der Waals surface area contributed by atoms with Gasteiger partial charge in [-0.15, -0.1) is 11.8 Å². The molecule has 3 heteroatoms. The number of carbonyl (C=O) groups is 1. The van der Waals surface area contributed by atoms with Crippen LogP contribution in [0.5, 0.6) is 0 Å². The molecule has 1 aliphatic heterocycles. The first-order chi connectivity index (χ1) is 6.33. The third-order valence-electron chi connectivity index (χ3n) is 2.19. The molecule has 0 saturated carbocycles. The van der Waals surface area contributed by atoms with Crippen LogP contribution >= 0.6 is 11.8 Å². The van der Waals surface area contributed by atoms with Crippen molar-refractivity contribution in [3.63, 3.8) is 0 Å². The lowest BCUT2D eigenvalue weighted by molar-refractivity contribution is 0.0981. The molecular weight excluding hydrogens is 182 g/mol. The molecule has 0 spiro atoms. The maximum absolute atomic E-state index is 11.6. The molecule has 0 aliphatic carbocycles. The molecule has 1 N–H and O–H groups in total. The quantitative estimate of drug-likeness (QED) is 0.694. The minimum atomic E-state index is 0.263. The SMILES string of the molecule is CSc1cccc2c1C(=O)CCN2. The number of fused-ring (bicyclic) bond motifs is 1. The number of rotatable bonds is 1. The highest BCUT2D eigenvalue weighted by molar-refractivity contribution is 7.98. The van der Waals surface area contributed by atoms with Gasteiger partial charge in [-0.3, -0.25) is 4.79 Å². The number of benzene rings is 1. The minimum absolute atomic E-state index is 0.263. The lowest BCUT2D eigenvalue weighted by atomic mass is 10.0. The monoisotopic (exact) mass is 193 g/mol. The van der Waals surface area contributed by atoms with Gasteiger partial charge in [0, 0.05) is 23.5 Å². The summed E-state index contributed by atoms with van der Waals surface area (Å²) in [5, 5.41) is 3.23. The van der Waals surface area contributed by atoms with E-state index < -0.39 is 0 Å². The summed E-state index contributed by atoms with van der Waals surface area (Å²) in [6, 6.07) is 5.94. The molecule has 1 aromatic carbocycles. The molecule has 0 amide bonds. The number of hydrogen-bond acceptors (Lipinski definition) is 3. The number of Topliss-reactive ketones (excluding diaryl/α,β-unsaturated/α-hetero) is 1. The third-order valence-corrected chi connectivity index (χ3v) is 2.97. The smallest absolute Gasteiger partial charge is 0.167 e. The van der Waals surface area contributed by atoms with Crippen LogP contribution in [0.3, 0.4) is 0 Å². The normalized spacial score (nSPS) is 15.0. The minimum Gasteiger partial charge on any atom is -0.384 e. The molecule has 0 radical (unpaired) electrons. The summed E-state index contributed by atoms with van der Waals surface area (Å²) in [6.07, 6.45) is 2.61. The molecule has 1 aliphatic rings. The van der Waals surface area contributed by atoms with Crippen molar-refractivity contribution >= 4 is 23.2 Å². The van der Waals surface area contributed by atoms with E-state index in [9.17, 15) is 4.79 Å². The highest BCUT2D eigenvalue weighted by Gasteiger charge is 2.19. The van der Waals surface area contributed by atoms with Gasteiger partial charge in [0.1, 0.15) is 0 Å². The fourth-order valence-electron chi connectivity index (χ4n) is 1.57. The lowest BCUT2D eigenvalue weighted by Crippen LogP contribution is -2.18. The molecule has 0 saturated heterocycles. The van der Waals surface area contributed by atoms with Crippen LogP contribution in [-0.4, -0.2) is 18.6 Å². The first-order valence-electron chi connectivity index (χ1n) is 4.27. The van der Waals surface area contributed by atoms with Crippen molar-refractivity contribution in [2.24, 2.45) is 0 Å². The van der Waals surface area contributed by atoms with E-state index in [0.29, 0.717) is 6.42 Å². The Morgan fingerprint density at radius 1 is 1.46 bits per heavy atom. The Morgan fingerprint density at radius 3 is 3.08 bits per heavy atom. The van der Waals surface area contributed by atoms with E-state index in [1.54, 1.807) is 11.8 Å². The van der Waals surface area contributed by atoms with Gasteiger partial charge in [-0.2, -0.15) is 0 Å². The zero-order valence-corrected chi connectivity index (χ0v) is 8.28. The number of nitrogens with one attached hydrogen (secondary N) is 1. The second kappa shape index (κ2) is 3.42. The molecule has 13 heavy (non-hydrogen) atoms. The van der Waals surface area contributed by atoms with E-state index >= 15 is 0 Å². The van der Waals surface area contributed by atoms with Gasteiger partial charge in [-0.25, -0.2) is 0 Å². The van der Waals surface area contributed by atoms with Crippen LogP contribution in [0.4, 0.5) is 5.69 Å². The summed E-state index contributed by atoms with van der Waals surface area (Å²) in [7, 11) is 0. The summed E-state index contributed by atoms with van der Waals surface area (Å²) in [6.45, 7) is 0.768. The molecule has 0 unspecified atom stereocenters. The Bertz CT molecular complexity index is 335. The first-order valence-corrected chi connectivity index (χ1v) is 5.49. The van der Waals surface area contributed by atoms with Gasteiger partial charge in [0.25, 0.3) is 0 Å². The van der Waals surface area contributed by atoms with Crippen LogP contribution in [0.1, 0.15) is 16.8 Å². The lowest BCUT2D eigenvalue weighted by Gasteiger charge is -2.18. The Morgan fingerprint density at radius 2 is 2.31 bits per heavy atom. The zero-order valence-electron chi connectivity index (χ0n) is 7.46. The van der Waals surface area contributed by atoms with Crippen molar-refractivity contribution in [1.29, 1.82) is 0 Å². The maximum atomic E-state index is 11.6. The standard InChI is InChI=1S/C10H11NOS/c1-13-9-4-2-3-7-10(9)8(12)5-6-11-7/h2-4,11H,5-6H2,1H3. The molecule has 68 valence electrons. The van der Waals surface area contributed by atoms with E-state index in [0.717, 1.165) is 22.7 Å². The maximum Gasteiger partial charge on any atom is 0.167 e. The number of anilines is 1.